The van der Waals surface area contributed by atoms with Crippen LogP contribution in [0.5, 0.6) is 0 Å². The second-order valence-electron chi connectivity index (χ2n) is 3.59. The van der Waals surface area contributed by atoms with E-state index in [0.717, 1.165) is 5.92 Å². The van der Waals surface area contributed by atoms with E-state index in [1.807, 2.05) is 11.3 Å². The Labute approximate surface area is 77.8 Å². The van der Waals surface area contributed by atoms with Crippen molar-refractivity contribution < 1.29 is 0 Å². The normalized spacial score (nSPS) is 19.5. The van der Waals surface area contributed by atoms with Crippen molar-refractivity contribution in [3.05, 3.63) is 21.9 Å². The largest absolute Gasteiger partial charge is 0.313 e. The molecule has 0 aromatic carbocycles. The summed E-state index contributed by atoms with van der Waals surface area (Å²) in [6.45, 7) is 2.17. The molecule has 1 aliphatic carbocycles. The van der Waals surface area contributed by atoms with Gasteiger partial charge in [0.15, 0.2) is 0 Å². The van der Waals surface area contributed by atoms with E-state index in [1.165, 1.54) is 23.3 Å². The molecule has 0 aliphatic heterocycles. The highest BCUT2D eigenvalue weighted by atomic mass is 32.1. The molecule has 1 saturated carbocycles. The van der Waals surface area contributed by atoms with Crippen LogP contribution in [0.15, 0.2) is 11.4 Å². The summed E-state index contributed by atoms with van der Waals surface area (Å²) in [5, 5.41) is 5.69. The van der Waals surface area contributed by atoms with Gasteiger partial charge in [-0.3, -0.25) is 0 Å². The molecule has 66 valence electrons. The monoisotopic (exact) mass is 181 g/mol. The number of hydrogen-bond donors (Lipinski definition) is 1. The van der Waals surface area contributed by atoms with E-state index in [9.17, 15) is 0 Å². The van der Waals surface area contributed by atoms with E-state index in [4.69, 9.17) is 0 Å². The van der Waals surface area contributed by atoms with Gasteiger partial charge in [0.25, 0.3) is 0 Å². The maximum absolute atomic E-state index is 3.40. The topological polar surface area (TPSA) is 12.0 Å². The average Bonchev–Trinajstić information content (AvgIpc) is 2.78. The van der Waals surface area contributed by atoms with Crippen molar-refractivity contribution >= 4 is 11.3 Å². The second kappa shape index (κ2) is 3.19. The SMILES string of the molecule is CNC(c1csc(C)c1)C1CC1. The third-order valence-electron chi connectivity index (χ3n) is 2.51. The molecule has 1 aliphatic rings. The first-order chi connectivity index (χ1) is 5.81. The van der Waals surface area contributed by atoms with E-state index in [1.54, 1.807) is 0 Å². The minimum Gasteiger partial charge on any atom is -0.313 e. The van der Waals surface area contributed by atoms with Gasteiger partial charge in [-0.15, -0.1) is 11.3 Å². The zero-order valence-electron chi connectivity index (χ0n) is 7.63. The van der Waals surface area contributed by atoms with Crippen LogP contribution >= 0.6 is 11.3 Å². The van der Waals surface area contributed by atoms with Gasteiger partial charge in [-0.2, -0.15) is 0 Å². The molecule has 1 atom stereocenters. The Balaban J connectivity index is 2.15. The van der Waals surface area contributed by atoms with Crippen LogP contribution in [0.2, 0.25) is 0 Å². The Morgan fingerprint density at radius 3 is 2.75 bits per heavy atom. The highest BCUT2D eigenvalue weighted by Crippen LogP contribution is 2.41. The zero-order valence-corrected chi connectivity index (χ0v) is 8.45. The minimum atomic E-state index is 0.620. The Kier molecular flexibility index (Phi) is 2.20. The van der Waals surface area contributed by atoms with Gasteiger partial charge in [-0.25, -0.2) is 0 Å². The third kappa shape index (κ3) is 1.54. The Morgan fingerprint density at radius 1 is 1.58 bits per heavy atom. The van der Waals surface area contributed by atoms with E-state index < -0.39 is 0 Å². The first kappa shape index (κ1) is 8.27. The first-order valence-corrected chi connectivity index (χ1v) is 5.41. The predicted octanol–water partition coefficient (Wildman–Crippen LogP) is 2.73. The number of hydrogen-bond acceptors (Lipinski definition) is 2. The van der Waals surface area contributed by atoms with Crippen LogP contribution in [0.4, 0.5) is 0 Å². The van der Waals surface area contributed by atoms with Crippen LogP contribution in [0, 0.1) is 12.8 Å². The van der Waals surface area contributed by atoms with E-state index in [-0.39, 0.29) is 0 Å². The van der Waals surface area contributed by atoms with Crippen molar-refractivity contribution in [2.45, 2.75) is 25.8 Å². The summed E-state index contributed by atoms with van der Waals surface area (Å²) < 4.78 is 0. The van der Waals surface area contributed by atoms with Crippen molar-refractivity contribution in [2.24, 2.45) is 5.92 Å². The summed E-state index contributed by atoms with van der Waals surface area (Å²) in [5.41, 5.74) is 1.49. The summed E-state index contributed by atoms with van der Waals surface area (Å²) in [5.74, 6) is 0.906. The van der Waals surface area contributed by atoms with Crippen LogP contribution in [-0.2, 0) is 0 Å². The van der Waals surface area contributed by atoms with Crippen molar-refractivity contribution in [3.8, 4) is 0 Å². The molecule has 0 radical (unpaired) electrons. The molecule has 0 bridgehead atoms. The van der Waals surface area contributed by atoms with Gasteiger partial charge >= 0.3 is 0 Å². The van der Waals surface area contributed by atoms with Crippen LogP contribution in [-0.4, -0.2) is 7.05 Å². The van der Waals surface area contributed by atoms with Crippen molar-refractivity contribution in [1.82, 2.24) is 5.32 Å². The number of aryl methyl sites for hydroxylation is 1. The number of nitrogens with one attached hydrogen (secondary N) is 1. The molecule has 12 heavy (non-hydrogen) atoms. The Morgan fingerprint density at radius 2 is 2.33 bits per heavy atom. The summed E-state index contributed by atoms with van der Waals surface area (Å²) in [7, 11) is 2.07. The standard InChI is InChI=1S/C10H15NS/c1-7-5-9(6-12-7)10(11-2)8-3-4-8/h5-6,8,10-11H,3-4H2,1-2H3. The Hall–Kier alpha value is -0.340. The highest BCUT2D eigenvalue weighted by Gasteiger charge is 2.31. The summed E-state index contributed by atoms with van der Waals surface area (Å²) in [4.78, 5) is 1.42. The maximum Gasteiger partial charge on any atom is 0.0354 e. The molecule has 0 saturated heterocycles. The van der Waals surface area contributed by atoms with E-state index in [2.05, 4.69) is 30.7 Å². The molecule has 1 N–H and O–H groups in total. The quantitative estimate of drug-likeness (QED) is 0.756. The average molecular weight is 181 g/mol. The molecule has 0 amide bonds. The lowest BCUT2D eigenvalue weighted by molar-refractivity contribution is 0.530. The lowest BCUT2D eigenvalue weighted by Gasteiger charge is -2.12. The van der Waals surface area contributed by atoms with Gasteiger partial charge in [0.05, 0.1) is 0 Å². The second-order valence-corrected chi connectivity index (χ2v) is 4.71. The highest BCUT2D eigenvalue weighted by molar-refractivity contribution is 7.10. The molecule has 1 aromatic rings. The minimum absolute atomic E-state index is 0.620. The van der Waals surface area contributed by atoms with Crippen LogP contribution in [0.1, 0.15) is 29.3 Å². The molecule has 2 rings (SSSR count). The molecule has 1 fully saturated rings. The van der Waals surface area contributed by atoms with E-state index in [0.29, 0.717) is 6.04 Å². The van der Waals surface area contributed by atoms with Crippen molar-refractivity contribution in [1.29, 1.82) is 0 Å². The smallest absolute Gasteiger partial charge is 0.0354 e. The van der Waals surface area contributed by atoms with Crippen LogP contribution < -0.4 is 5.32 Å². The molecule has 1 nitrogen and oxygen atoms in total. The molecule has 2 heteroatoms. The first-order valence-electron chi connectivity index (χ1n) is 4.53. The van der Waals surface area contributed by atoms with Gasteiger partial charge in [-0.1, -0.05) is 0 Å². The van der Waals surface area contributed by atoms with Gasteiger partial charge in [0.2, 0.25) is 0 Å². The van der Waals surface area contributed by atoms with Gasteiger partial charge in [0, 0.05) is 10.9 Å². The maximum atomic E-state index is 3.40. The molecular formula is C10H15NS. The predicted molar refractivity (Wildman–Crippen MR) is 53.6 cm³/mol. The van der Waals surface area contributed by atoms with Crippen LogP contribution in [0.3, 0.4) is 0 Å². The molecule has 1 aromatic heterocycles. The lowest BCUT2D eigenvalue weighted by Crippen LogP contribution is -2.17. The van der Waals surface area contributed by atoms with Crippen molar-refractivity contribution in [2.75, 3.05) is 7.05 Å². The zero-order chi connectivity index (χ0) is 8.55. The van der Waals surface area contributed by atoms with Crippen molar-refractivity contribution in [3.63, 3.8) is 0 Å². The molecule has 1 unspecified atom stereocenters. The summed E-state index contributed by atoms with van der Waals surface area (Å²) >= 11 is 1.85. The lowest BCUT2D eigenvalue weighted by atomic mass is 10.1. The third-order valence-corrected chi connectivity index (χ3v) is 3.39. The van der Waals surface area contributed by atoms with Gasteiger partial charge in [0.1, 0.15) is 0 Å². The fraction of sp³-hybridized carbons (Fsp3) is 0.600. The fourth-order valence-electron chi connectivity index (χ4n) is 1.73. The molecule has 1 heterocycles. The Bertz CT molecular complexity index is 263. The summed E-state index contributed by atoms with van der Waals surface area (Å²) in [6, 6.07) is 2.93. The van der Waals surface area contributed by atoms with Gasteiger partial charge < -0.3 is 5.32 Å². The number of thiophene rings is 1. The number of rotatable bonds is 3. The summed E-state index contributed by atoms with van der Waals surface area (Å²) in [6.07, 6.45) is 2.81. The fourth-order valence-corrected chi connectivity index (χ4v) is 2.47. The van der Waals surface area contributed by atoms with Gasteiger partial charge in [-0.05, 0) is 49.7 Å². The molecular weight excluding hydrogens is 166 g/mol. The molecule has 0 spiro atoms. The van der Waals surface area contributed by atoms with E-state index >= 15 is 0 Å². The van der Waals surface area contributed by atoms with Crippen LogP contribution in [0.25, 0.3) is 0 Å².